The normalized spacial score (nSPS) is 56.5. The average molecular weight is 328 g/mol. The van der Waals surface area contributed by atoms with E-state index >= 15 is 0 Å². The lowest BCUT2D eigenvalue weighted by Gasteiger charge is -2.54. The Labute approximate surface area is 144 Å². The number of ketones is 1. The van der Waals surface area contributed by atoms with Crippen molar-refractivity contribution in [3.05, 3.63) is 12.2 Å². The maximum absolute atomic E-state index is 12.0. The highest BCUT2D eigenvalue weighted by atomic mass is 16.7. The Hall–Kier alpha value is -0.670. The summed E-state index contributed by atoms with van der Waals surface area (Å²) in [5.74, 6) is 2.37. The molecule has 1 aliphatic heterocycles. The van der Waals surface area contributed by atoms with E-state index in [9.17, 15) is 4.79 Å². The highest BCUT2D eigenvalue weighted by Gasteiger charge is 2.76. The van der Waals surface area contributed by atoms with Crippen molar-refractivity contribution in [1.29, 1.82) is 0 Å². The number of carbonyl (C=O) groups is 1. The molecule has 0 aromatic carbocycles. The third-order valence-corrected chi connectivity index (χ3v) is 9.34. The molecule has 0 radical (unpaired) electrons. The Bertz CT molecular complexity index is 643. The summed E-state index contributed by atoms with van der Waals surface area (Å²) in [7, 11) is 0. The number of rotatable bonds is 0. The van der Waals surface area contributed by atoms with Crippen LogP contribution in [-0.2, 0) is 14.3 Å². The smallest absolute Gasteiger partial charge is 0.174 e. The van der Waals surface area contributed by atoms with Gasteiger partial charge < -0.3 is 9.47 Å². The standard InChI is InChI=1S/C21H28O3/c1-18-6-4-17-15(16(18)5-9-21(18)23-10-11-24-21)3-7-19-12-14(22)2-8-20(17,19)13-19/h3,7,15-17H,2,4-6,8-13H2,1H3/t15-,16-,17-,18-,19?,20-/m0/s1. The summed E-state index contributed by atoms with van der Waals surface area (Å²) in [4.78, 5) is 12.0. The van der Waals surface area contributed by atoms with Crippen LogP contribution in [0.3, 0.4) is 0 Å². The molecule has 5 aliphatic carbocycles. The molecule has 4 saturated carbocycles. The van der Waals surface area contributed by atoms with E-state index in [1.54, 1.807) is 0 Å². The third-order valence-electron chi connectivity index (χ3n) is 9.34. The van der Waals surface area contributed by atoms with Crippen LogP contribution in [-0.4, -0.2) is 24.8 Å². The topological polar surface area (TPSA) is 35.5 Å². The maximum Gasteiger partial charge on any atom is 0.174 e. The monoisotopic (exact) mass is 328 g/mol. The summed E-state index contributed by atoms with van der Waals surface area (Å²) in [5, 5.41) is 0. The van der Waals surface area contributed by atoms with Crippen LogP contribution in [0.1, 0.15) is 58.3 Å². The molecule has 0 N–H and O–H groups in total. The second-order valence-corrected chi connectivity index (χ2v) is 9.80. The summed E-state index contributed by atoms with van der Waals surface area (Å²) in [6, 6.07) is 0. The van der Waals surface area contributed by atoms with Gasteiger partial charge in [-0.2, -0.15) is 0 Å². The van der Waals surface area contributed by atoms with Crippen LogP contribution in [0, 0.1) is 34.0 Å². The molecule has 130 valence electrons. The van der Waals surface area contributed by atoms with Gasteiger partial charge in [0, 0.05) is 30.1 Å². The molecule has 1 heterocycles. The molecule has 1 saturated heterocycles. The summed E-state index contributed by atoms with van der Waals surface area (Å²) in [6.45, 7) is 3.97. The highest BCUT2D eigenvalue weighted by Crippen LogP contribution is 2.81. The van der Waals surface area contributed by atoms with E-state index in [4.69, 9.17) is 9.47 Å². The van der Waals surface area contributed by atoms with Gasteiger partial charge >= 0.3 is 0 Å². The SMILES string of the molecule is C[C@]12CC[C@H]3[C@@H](C=CC45CC(=O)CC[C@]34C5)[C@@H]1CCC21OCCO1. The lowest BCUT2D eigenvalue weighted by atomic mass is 9.52. The molecule has 0 amide bonds. The zero-order chi connectivity index (χ0) is 16.2. The van der Waals surface area contributed by atoms with Gasteiger partial charge in [0.1, 0.15) is 5.78 Å². The fourth-order valence-corrected chi connectivity index (χ4v) is 8.16. The largest absolute Gasteiger partial charge is 0.347 e. The second kappa shape index (κ2) is 4.17. The minimum atomic E-state index is -0.297. The van der Waals surface area contributed by atoms with Gasteiger partial charge in [-0.15, -0.1) is 0 Å². The predicted octanol–water partition coefficient (Wildman–Crippen LogP) is 3.87. The van der Waals surface area contributed by atoms with Gasteiger partial charge in [0.15, 0.2) is 5.79 Å². The molecule has 24 heavy (non-hydrogen) atoms. The minimum Gasteiger partial charge on any atom is -0.347 e. The van der Waals surface area contributed by atoms with Crippen LogP contribution in [0.25, 0.3) is 0 Å². The molecule has 3 nitrogen and oxygen atoms in total. The summed E-state index contributed by atoms with van der Waals surface area (Å²) >= 11 is 0. The first-order valence-corrected chi connectivity index (χ1v) is 10.0. The van der Waals surface area contributed by atoms with Crippen molar-refractivity contribution in [2.45, 2.75) is 64.1 Å². The molecule has 0 bridgehead atoms. The number of hydrogen-bond donors (Lipinski definition) is 0. The molecule has 3 heteroatoms. The van der Waals surface area contributed by atoms with E-state index in [0.717, 1.165) is 44.8 Å². The Morgan fingerprint density at radius 3 is 2.71 bits per heavy atom. The highest BCUT2D eigenvalue weighted by molar-refractivity contribution is 5.82. The third kappa shape index (κ3) is 1.40. The first kappa shape index (κ1) is 14.5. The van der Waals surface area contributed by atoms with Gasteiger partial charge in [0.25, 0.3) is 0 Å². The molecule has 6 aliphatic rings. The number of carbonyl (C=O) groups excluding carboxylic acids is 1. The average Bonchev–Trinajstić information content (AvgIpc) is 2.86. The van der Waals surface area contributed by atoms with Crippen LogP contribution >= 0.6 is 0 Å². The Balaban J connectivity index is 1.39. The van der Waals surface area contributed by atoms with Gasteiger partial charge in [-0.3, -0.25) is 4.79 Å². The quantitative estimate of drug-likeness (QED) is 0.633. The second-order valence-electron chi connectivity index (χ2n) is 9.80. The number of fused-ring (bicyclic) bond motifs is 4. The Morgan fingerprint density at radius 2 is 1.88 bits per heavy atom. The van der Waals surface area contributed by atoms with E-state index < -0.39 is 0 Å². The van der Waals surface area contributed by atoms with Crippen molar-refractivity contribution in [2.24, 2.45) is 34.0 Å². The molecule has 1 spiro atoms. The fourth-order valence-electron chi connectivity index (χ4n) is 8.16. The number of hydrogen-bond acceptors (Lipinski definition) is 3. The lowest BCUT2D eigenvalue weighted by molar-refractivity contribution is -0.239. The summed E-state index contributed by atoms with van der Waals surface area (Å²) in [6.07, 6.45) is 13.9. The van der Waals surface area contributed by atoms with Crippen LogP contribution in [0.15, 0.2) is 12.2 Å². The minimum absolute atomic E-state index is 0.172. The number of ether oxygens (including phenoxy) is 2. The van der Waals surface area contributed by atoms with Crippen LogP contribution < -0.4 is 0 Å². The zero-order valence-corrected chi connectivity index (χ0v) is 14.7. The Kier molecular flexibility index (Phi) is 2.52. The van der Waals surface area contributed by atoms with Gasteiger partial charge in [-0.1, -0.05) is 19.1 Å². The Morgan fingerprint density at radius 1 is 1.08 bits per heavy atom. The van der Waals surface area contributed by atoms with Crippen molar-refractivity contribution in [1.82, 2.24) is 0 Å². The van der Waals surface area contributed by atoms with Crippen LogP contribution in [0.4, 0.5) is 0 Å². The van der Waals surface area contributed by atoms with Crippen molar-refractivity contribution in [3.63, 3.8) is 0 Å². The molecule has 0 aromatic heterocycles. The first-order valence-electron chi connectivity index (χ1n) is 10.0. The van der Waals surface area contributed by atoms with Gasteiger partial charge in [0.05, 0.1) is 13.2 Å². The number of Topliss-reactive ketones (excluding diaryl/α,β-unsaturated/α-hetero) is 1. The van der Waals surface area contributed by atoms with Gasteiger partial charge in [-0.05, 0) is 55.3 Å². The van der Waals surface area contributed by atoms with E-state index in [1.165, 1.54) is 25.7 Å². The van der Waals surface area contributed by atoms with Crippen molar-refractivity contribution in [2.75, 3.05) is 13.2 Å². The molecule has 6 atom stereocenters. The number of allylic oxidation sites excluding steroid dienone is 2. The van der Waals surface area contributed by atoms with Crippen molar-refractivity contribution >= 4 is 5.78 Å². The first-order chi connectivity index (χ1) is 11.5. The molecule has 6 rings (SSSR count). The lowest BCUT2D eigenvalue weighted by Crippen LogP contribution is -2.53. The summed E-state index contributed by atoms with van der Waals surface area (Å²) < 4.78 is 12.4. The predicted molar refractivity (Wildman–Crippen MR) is 89.2 cm³/mol. The molecular weight excluding hydrogens is 300 g/mol. The fraction of sp³-hybridized carbons (Fsp3) is 0.857. The zero-order valence-electron chi connectivity index (χ0n) is 14.7. The van der Waals surface area contributed by atoms with Crippen LogP contribution in [0.2, 0.25) is 0 Å². The van der Waals surface area contributed by atoms with E-state index in [-0.39, 0.29) is 16.6 Å². The van der Waals surface area contributed by atoms with Crippen molar-refractivity contribution < 1.29 is 14.3 Å². The van der Waals surface area contributed by atoms with Gasteiger partial charge in [-0.25, -0.2) is 0 Å². The van der Waals surface area contributed by atoms with Crippen LogP contribution in [0.5, 0.6) is 0 Å². The summed E-state index contributed by atoms with van der Waals surface area (Å²) in [5.41, 5.74) is 0.897. The molecular formula is C21H28O3. The molecule has 0 aromatic rings. The molecule has 1 unspecified atom stereocenters. The van der Waals surface area contributed by atoms with E-state index in [2.05, 4.69) is 19.1 Å². The van der Waals surface area contributed by atoms with E-state index in [0.29, 0.717) is 23.0 Å². The van der Waals surface area contributed by atoms with Crippen molar-refractivity contribution in [3.8, 4) is 0 Å². The maximum atomic E-state index is 12.0. The molecule has 5 fully saturated rings. The van der Waals surface area contributed by atoms with E-state index in [1.807, 2.05) is 0 Å². The van der Waals surface area contributed by atoms with Gasteiger partial charge in [0.2, 0.25) is 0 Å².